The third kappa shape index (κ3) is 2.95. The number of nitrogens with zero attached hydrogens (tertiary/aromatic N) is 3. The Morgan fingerprint density at radius 3 is 2.68 bits per heavy atom. The standard InChI is InChI=1S/C15H24N4/c1-11-10-14(12-5-8-19(2)9-6-12)18-15(17-11)13-4-3-7-16-13/h10,12-13,16H,3-9H2,1-2H3. The van der Waals surface area contributed by atoms with E-state index in [2.05, 4.69) is 35.2 Å². The van der Waals surface area contributed by atoms with Crippen molar-refractivity contribution >= 4 is 0 Å². The van der Waals surface area contributed by atoms with E-state index in [0.29, 0.717) is 12.0 Å². The van der Waals surface area contributed by atoms with E-state index in [9.17, 15) is 0 Å². The highest BCUT2D eigenvalue weighted by Crippen LogP contribution is 2.28. The van der Waals surface area contributed by atoms with Crippen LogP contribution in [0, 0.1) is 6.92 Å². The van der Waals surface area contributed by atoms with Crippen LogP contribution in [0.25, 0.3) is 0 Å². The molecule has 0 spiro atoms. The molecule has 0 aliphatic carbocycles. The van der Waals surface area contributed by atoms with E-state index in [-0.39, 0.29) is 0 Å². The lowest BCUT2D eigenvalue weighted by Crippen LogP contribution is -2.30. The summed E-state index contributed by atoms with van der Waals surface area (Å²) in [7, 11) is 2.20. The van der Waals surface area contributed by atoms with E-state index in [1.165, 1.54) is 44.5 Å². The molecule has 1 N–H and O–H groups in total. The van der Waals surface area contributed by atoms with E-state index in [1.54, 1.807) is 0 Å². The van der Waals surface area contributed by atoms with Crippen molar-refractivity contribution in [1.82, 2.24) is 20.2 Å². The van der Waals surface area contributed by atoms with Crippen LogP contribution < -0.4 is 5.32 Å². The quantitative estimate of drug-likeness (QED) is 0.883. The fourth-order valence-corrected chi connectivity index (χ4v) is 3.19. The molecule has 3 heterocycles. The Morgan fingerprint density at radius 2 is 2.00 bits per heavy atom. The highest BCUT2D eigenvalue weighted by molar-refractivity contribution is 5.17. The molecule has 3 rings (SSSR count). The average molecular weight is 260 g/mol. The summed E-state index contributed by atoms with van der Waals surface area (Å²) >= 11 is 0. The first-order chi connectivity index (χ1) is 9.22. The molecule has 2 aliphatic heterocycles. The molecule has 104 valence electrons. The molecule has 2 aliphatic rings. The highest BCUT2D eigenvalue weighted by Gasteiger charge is 2.23. The minimum Gasteiger partial charge on any atom is -0.307 e. The first-order valence-corrected chi connectivity index (χ1v) is 7.50. The van der Waals surface area contributed by atoms with Crippen LogP contribution in [-0.4, -0.2) is 41.5 Å². The van der Waals surface area contributed by atoms with Gasteiger partial charge >= 0.3 is 0 Å². The second-order valence-corrected chi connectivity index (χ2v) is 6.02. The molecule has 19 heavy (non-hydrogen) atoms. The van der Waals surface area contributed by atoms with Gasteiger partial charge in [-0.1, -0.05) is 0 Å². The number of aromatic nitrogens is 2. The molecule has 0 saturated carbocycles. The smallest absolute Gasteiger partial charge is 0.145 e. The molecule has 1 aromatic rings. The van der Waals surface area contributed by atoms with Crippen LogP contribution in [0.5, 0.6) is 0 Å². The normalized spacial score (nSPS) is 25.9. The molecule has 4 heteroatoms. The monoisotopic (exact) mass is 260 g/mol. The van der Waals surface area contributed by atoms with Gasteiger partial charge in [0.05, 0.1) is 6.04 Å². The Bertz CT molecular complexity index is 432. The van der Waals surface area contributed by atoms with Gasteiger partial charge < -0.3 is 10.2 Å². The van der Waals surface area contributed by atoms with Crippen LogP contribution >= 0.6 is 0 Å². The molecule has 0 bridgehead atoms. The first-order valence-electron chi connectivity index (χ1n) is 7.50. The van der Waals surface area contributed by atoms with Gasteiger partial charge in [-0.2, -0.15) is 0 Å². The van der Waals surface area contributed by atoms with Crippen molar-refractivity contribution in [1.29, 1.82) is 0 Å². The minimum absolute atomic E-state index is 0.380. The lowest BCUT2D eigenvalue weighted by molar-refractivity contribution is 0.253. The molecule has 1 unspecified atom stereocenters. The maximum absolute atomic E-state index is 4.87. The molecule has 0 amide bonds. The Balaban J connectivity index is 1.80. The highest BCUT2D eigenvalue weighted by atomic mass is 15.1. The van der Waals surface area contributed by atoms with Gasteiger partial charge in [0, 0.05) is 17.3 Å². The Labute approximate surface area is 115 Å². The second kappa shape index (κ2) is 5.55. The van der Waals surface area contributed by atoms with Crippen molar-refractivity contribution in [3.8, 4) is 0 Å². The van der Waals surface area contributed by atoms with E-state index in [1.807, 2.05) is 0 Å². The van der Waals surface area contributed by atoms with Crippen LogP contribution in [0.4, 0.5) is 0 Å². The SMILES string of the molecule is Cc1cc(C2CCN(C)CC2)nc(C2CCCN2)n1. The summed E-state index contributed by atoms with van der Waals surface area (Å²) in [5.74, 6) is 1.64. The van der Waals surface area contributed by atoms with Gasteiger partial charge in [-0.05, 0) is 65.4 Å². The van der Waals surface area contributed by atoms with Gasteiger partial charge in [0.1, 0.15) is 5.82 Å². The van der Waals surface area contributed by atoms with Gasteiger partial charge in [0.2, 0.25) is 0 Å². The number of rotatable bonds is 2. The lowest BCUT2D eigenvalue weighted by atomic mass is 9.93. The molecule has 2 saturated heterocycles. The summed E-state index contributed by atoms with van der Waals surface area (Å²) in [6.07, 6.45) is 4.87. The minimum atomic E-state index is 0.380. The molecule has 1 aromatic heterocycles. The first kappa shape index (κ1) is 13.0. The van der Waals surface area contributed by atoms with Crippen molar-refractivity contribution in [2.75, 3.05) is 26.7 Å². The zero-order valence-corrected chi connectivity index (χ0v) is 12.0. The fourth-order valence-electron chi connectivity index (χ4n) is 3.19. The zero-order chi connectivity index (χ0) is 13.2. The Morgan fingerprint density at radius 1 is 1.21 bits per heavy atom. The van der Waals surface area contributed by atoms with Crippen molar-refractivity contribution < 1.29 is 0 Å². The van der Waals surface area contributed by atoms with Gasteiger partial charge in [0.15, 0.2) is 0 Å². The van der Waals surface area contributed by atoms with Gasteiger partial charge in [-0.15, -0.1) is 0 Å². The Kier molecular flexibility index (Phi) is 3.80. The van der Waals surface area contributed by atoms with E-state index in [0.717, 1.165) is 18.1 Å². The maximum Gasteiger partial charge on any atom is 0.145 e. The maximum atomic E-state index is 4.87. The van der Waals surface area contributed by atoms with Crippen LogP contribution in [-0.2, 0) is 0 Å². The molecular formula is C15H24N4. The Hall–Kier alpha value is -1.00. The third-order valence-corrected chi connectivity index (χ3v) is 4.40. The van der Waals surface area contributed by atoms with Crippen LogP contribution in [0.3, 0.4) is 0 Å². The van der Waals surface area contributed by atoms with Crippen molar-refractivity contribution in [3.63, 3.8) is 0 Å². The number of aryl methyl sites for hydroxylation is 1. The number of likely N-dealkylation sites (tertiary alicyclic amines) is 1. The van der Waals surface area contributed by atoms with Crippen LogP contribution in [0.1, 0.15) is 54.9 Å². The number of hydrogen-bond donors (Lipinski definition) is 1. The third-order valence-electron chi connectivity index (χ3n) is 4.40. The fraction of sp³-hybridized carbons (Fsp3) is 0.733. The number of piperidine rings is 1. The van der Waals surface area contributed by atoms with E-state index in [4.69, 9.17) is 4.98 Å². The largest absolute Gasteiger partial charge is 0.307 e. The average Bonchev–Trinajstić information content (AvgIpc) is 2.93. The number of nitrogens with one attached hydrogen (secondary N) is 1. The van der Waals surface area contributed by atoms with Crippen molar-refractivity contribution in [2.24, 2.45) is 0 Å². The predicted octanol–water partition coefficient (Wildman–Crippen LogP) is 2.02. The van der Waals surface area contributed by atoms with Crippen LogP contribution in [0.15, 0.2) is 6.07 Å². The second-order valence-electron chi connectivity index (χ2n) is 6.02. The topological polar surface area (TPSA) is 41.1 Å². The summed E-state index contributed by atoms with van der Waals surface area (Å²) < 4.78 is 0. The van der Waals surface area contributed by atoms with E-state index < -0.39 is 0 Å². The zero-order valence-electron chi connectivity index (χ0n) is 12.0. The van der Waals surface area contributed by atoms with E-state index >= 15 is 0 Å². The molecule has 0 radical (unpaired) electrons. The molecule has 4 nitrogen and oxygen atoms in total. The van der Waals surface area contributed by atoms with Crippen molar-refractivity contribution in [3.05, 3.63) is 23.3 Å². The summed E-state index contributed by atoms with van der Waals surface area (Å²) in [5.41, 5.74) is 2.39. The molecule has 1 atom stereocenters. The van der Waals surface area contributed by atoms with Crippen LogP contribution in [0.2, 0.25) is 0 Å². The summed E-state index contributed by atoms with van der Waals surface area (Å²) in [6, 6.07) is 2.57. The lowest BCUT2D eigenvalue weighted by Gasteiger charge is -2.29. The number of hydrogen-bond acceptors (Lipinski definition) is 4. The molecular weight excluding hydrogens is 236 g/mol. The molecule has 2 fully saturated rings. The predicted molar refractivity (Wildman–Crippen MR) is 76.2 cm³/mol. The summed E-state index contributed by atoms with van der Waals surface area (Å²) in [4.78, 5) is 11.9. The van der Waals surface area contributed by atoms with Gasteiger partial charge in [0.25, 0.3) is 0 Å². The van der Waals surface area contributed by atoms with Gasteiger partial charge in [-0.25, -0.2) is 9.97 Å². The summed E-state index contributed by atoms with van der Waals surface area (Å²) in [6.45, 7) is 5.57. The van der Waals surface area contributed by atoms with Gasteiger partial charge in [-0.3, -0.25) is 0 Å². The van der Waals surface area contributed by atoms with Crippen molar-refractivity contribution in [2.45, 2.75) is 44.6 Å². The molecule has 0 aromatic carbocycles. The summed E-state index contributed by atoms with van der Waals surface area (Å²) in [5, 5.41) is 3.50.